The largest absolute Gasteiger partial charge is 0.312 e. The summed E-state index contributed by atoms with van der Waals surface area (Å²) in [6.45, 7) is 12.8. The van der Waals surface area contributed by atoms with Gasteiger partial charge in [0.05, 0.1) is 0 Å². The number of nitrogens with zero attached hydrogens (tertiary/aromatic N) is 1. The Hall–Kier alpha value is -0.860. The highest BCUT2D eigenvalue weighted by molar-refractivity contribution is 5.33. The maximum absolute atomic E-state index is 3.51. The maximum atomic E-state index is 3.51. The summed E-state index contributed by atoms with van der Waals surface area (Å²) in [6.07, 6.45) is 1.36. The third kappa shape index (κ3) is 3.62. The number of likely N-dealkylation sites (tertiary alicyclic amines) is 1. The number of hydrogen-bond acceptors (Lipinski definition) is 2. The standard InChI is InChI=1S/C18H30N2/c1-13(2)16-8-9-20(11-16)12-18(19-5)17-7-6-14(3)10-15(17)4/h6-7,10,13,16,18-19H,8-9,11-12H2,1-5H3. The van der Waals surface area contributed by atoms with E-state index in [1.165, 1.54) is 36.2 Å². The van der Waals surface area contributed by atoms with Crippen LogP contribution in [0.1, 0.15) is 43.0 Å². The van der Waals surface area contributed by atoms with Crippen LogP contribution in [0.15, 0.2) is 18.2 Å². The van der Waals surface area contributed by atoms with Crippen LogP contribution in [-0.4, -0.2) is 31.6 Å². The normalized spacial score (nSPS) is 21.6. The number of benzene rings is 1. The second-order valence-electron chi connectivity index (χ2n) is 6.75. The summed E-state index contributed by atoms with van der Waals surface area (Å²) >= 11 is 0. The van der Waals surface area contributed by atoms with Crippen LogP contribution in [0.25, 0.3) is 0 Å². The fraction of sp³-hybridized carbons (Fsp3) is 0.667. The maximum Gasteiger partial charge on any atom is 0.0449 e. The molecule has 1 saturated heterocycles. The SMILES string of the molecule is CNC(CN1CCC(C(C)C)C1)c1ccc(C)cc1C. The first-order valence-electron chi connectivity index (χ1n) is 7.98. The molecule has 2 rings (SSSR count). The molecule has 0 radical (unpaired) electrons. The van der Waals surface area contributed by atoms with Crippen molar-refractivity contribution in [3.05, 3.63) is 34.9 Å². The minimum Gasteiger partial charge on any atom is -0.312 e. The van der Waals surface area contributed by atoms with Gasteiger partial charge in [-0.1, -0.05) is 37.6 Å². The van der Waals surface area contributed by atoms with Gasteiger partial charge in [-0.25, -0.2) is 0 Å². The predicted molar refractivity (Wildman–Crippen MR) is 87.1 cm³/mol. The fourth-order valence-electron chi connectivity index (χ4n) is 3.39. The van der Waals surface area contributed by atoms with E-state index in [0.29, 0.717) is 6.04 Å². The summed E-state index contributed by atoms with van der Waals surface area (Å²) in [7, 11) is 2.08. The van der Waals surface area contributed by atoms with E-state index in [2.05, 4.69) is 63.2 Å². The lowest BCUT2D eigenvalue weighted by molar-refractivity contribution is 0.275. The van der Waals surface area contributed by atoms with E-state index in [1.807, 2.05) is 0 Å². The Morgan fingerprint density at radius 1 is 1.30 bits per heavy atom. The van der Waals surface area contributed by atoms with E-state index in [4.69, 9.17) is 0 Å². The summed E-state index contributed by atoms with van der Waals surface area (Å²) in [6, 6.07) is 7.26. The molecular formula is C18H30N2. The molecular weight excluding hydrogens is 244 g/mol. The van der Waals surface area contributed by atoms with E-state index in [-0.39, 0.29) is 0 Å². The zero-order chi connectivity index (χ0) is 14.7. The van der Waals surface area contributed by atoms with Crippen molar-refractivity contribution in [2.45, 2.75) is 40.2 Å². The van der Waals surface area contributed by atoms with Crippen molar-refractivity contribution in [2.75, 3.05) is 26.7 Å². The average molecular weight is 274 g/mol. The molecule has 0 aromatic heterocycles. The topological polar surface area (TPSA) is 15.3 Å². The number of likely N-dealkylation sites (N-methyl/N-ethyl adjacent to an activating group) is 1. The Bertz CT molecular complexity index is 439. The van der Waals surface area contributed by atoms with Gasteiger partial charge >= 0.3 is 0 Å². The predicted octanol–water partition coefficient (Wildman–Crippen LogP) is 3.54. The third-order valence-corrected chi connectivity index (χ3v) is 4.84. The Labute approximate surface area is 124 Å². The highest BCUT2D eigenvalue weighted by Gasteiger charge is 2.26. The molecule has 2 heteroatoms. The second-order valence-corrected chi connectivity index (χ2v) is 6.75. The smallest absolute Gasteiger partial charge is 0.0449 e. The van der Waals surface area contributed by atoms with E-state index in [1.54, 1.807) is 0 Å². The molecule has 2 atom stereocenters. The molecule has 1 aliphatic heterocycles. The molecule has 0 aliphatic carbocycles. The molecule has 112 valence electrons. The van der Waals surface area contributed by atoms with E-state index < -0.39 is 0 Å². The van der Waals surface area contributed by atoms with E-state index in [0.717, 1.165) is 18.4 Å². The molecule has 20 heavy (non-hydrogen) atoms. The summed E-state index contributed by atoms with van der Waals surface area (Å²) < 4.78 is 0. The number of rotatable bonds is 5. The van der Waals surface area contributed by atoms with Gasteiger partial charge in [-0.2, -0.15) is 0 Å². The Morgan fingerprint density at radius 2 is 2.05 bits per heavy atom. The van der Waals surface area contributed by atoms with Gasteiger partial charge in [0, 0.05) is 19.1 Å². The highest BCUT2D eigenvalue weighted by atomic mass is 15.2. The van der Waals surface area contributed by atoms with Crippen LogP contribution in [0.5, 0.6) is 0 Å². The first kappa shape index (κ1) is 15.5. The van der Waals surface area contributed by atoms with Gasteiger partial charge in [0.15, 0.2) is 0 Å². The van der Waals surface area contributed by atoms with Crippen molar-refractivity contribution in [1.82, 2.24) is 10.2 Å². The van der Waals surface area contributed by atoms with Crippen LogP contribution >= 0.6 is 0 Å². The molecule has 1 fully saturated rings. The monoisotopic (exact) mass is 274 g/mol. The minimum absolute atomic E-state index is 0.446. The van der Waals surface area contributed by atoms with Crippen LogP contribution in [0, 0.1) is 25.7 Å². The van der Waals surface area contributed by atoms with Gasteiger partial charge in [0.1, 0.15) is 0 Å². The van der Waals surface area contributed by atoms with Crippen molar-refractivity contribution in [3.8, 4) is 0 Å². The van der Waals surface area contributed by atoms with Gasteiger partial charge in [-0.15, -0.1) is 0 Å². The van der Waals surface area contributed by atoms with Gasteiger partial charge in [-0.05, 0) is 56.8 Å². The van der Waals surface area contributed by atoms with Crippen molar-refractivity contribution in [1.29, 1.82) is 0 Å². The van der Waals surface area contributed by atoms with Gasteiger partial charge in [0.25, 0.3) is 0 Å². The van der Waals surface area contributed by atoms with Gasteiger partial charge in [-0.3, -0.25) is 0 Å². The van der Waals surface area contributed by atoms with Crippen LogP contribution in [0.4, 0.5) is 0 Å². The molecule has 0 spiro atoms. The molecule has 1 aromatic carbocycles. The van der Waals surface area contributed by atoms with Crippen molar-refractivity contribution < 1.29 is 0 Å². The molecule has 0 bridgehead atoms. The van der Waals surface area contributed by atoms with Crippen molar-refractivity contribution in [2.24, 2.45) is 11.8 Å². The molecule has 1 heterocycles. The van der Waals surface area contributed by atoms with Crippen molar-refractivity contribution in [3.63, 3.8) is 0 Å². The lowest BCUT2D eigenvalue weighted by Gasteiger charge is -2.25. The van der Waals surface area contributed by atoms with E-state index >= 15 is 0 Å². The highest BCUT2D eigenvalue weighted by Crippen LogP contribution is 2.26. The Kier molecular flexibility index (Phi) is 5.22. The molecule has 0 amide bonds. The quantitative estimate of drug-likeness (QED) is 0.883. The van der Waals surface area contributed by atoms with Crippen molar-refractivity contribution >= 4 is 0 Å². The molecule has 2 nitrogen and oxygen atoms in total. The average Bonchev–Trinajstić information content (AvgIpc) is 2.85. The van der Waals surface area contributed by atoms with Gasteiger partial charge in [0.2, 0.25) is 0 Å². The fourth-order valence-corrected chi connectivity index (χ4v) is 3.39. The lowest BCUT2D eigenvalue weighted by Crippen LogP contribution is -2.33. The summed E-state index contributed by atoms with van der Waals surface area (Å²) in [4.78, 5) is 2.63. The summed E-state index contributed by atoms with van der Waals surface area (Å²) in [5.74, 6) is 1.70. The van der Waals surface area contributed by atoms with Crippen LogP contribution in [-0.2, 0) is 0 Å². The Morgan fingerprint density at radius 3 is 2.60 bits per heavy atom. The summed E-state index contributed by atoms with van der Waals surface area (Å²) in [5.41, 5.74) is 4.21. The first-order chi connectivity index (χ1) is 9.51. The van der Waals surface area contributed by atoms with Crippen LogP contribution < -0.4 is 5.32 Å². The molecule has 1 N–H and O–H groups in total. The number of aryl methyl sites for hydroxylation is 2. The third-order valence-electron chi connectivity index (χ3n) is 4.84. The summed E-state index contributed by atoms with van der Waals surface area (Å²) in [5, 5.41) is 3.51. The minimum atomic E-state index is 0.446. The van der Waals surface area contributed by atoms with Crippen LogP contribution in [0.3, 0.4) is 0 Å². The second kappa shape index (κ2) is 6.73. The van der Waals surface area contributed by atoms with E-state index in [9.17, 15) is 0 Å². The molecule has 2 unspecified atom stereocenters. The zero-order valence-electron chi connectivity index (χ0n) is 13.7. The zero-order valence-corrected chi connectivity index (χ0v) is 13.7. The van der Waals surface area contributed by atoms with Gasteiger partial charge < -0.3 is 10.2 Å². The molecule has 0 saturated carbocycles. The Balaban J connectivity index is 2.03. The molecule has 1 aliphatic rings. The number of hydrogen-bond donors (Lipinski definition) is 1. The molecule has 1 aromatic rings. The van der Waals surface area contributed by atoms with Crippen LogP contribution in [0.2, 0.25) is 0 Å². The lowest BCUT2D eigenvalue weighted by atomic mass is 9.95. The first-order valence-corrected chi connectivity index (χ1v) is 7.98. The number of nitrogens with one attached hydrogen (secondary N) is 1.